The average molecular weight is 830 g/mol. The highest BCUT2D eigenvalue weighted by atomic mass is 16.7. The van der Waals surface area contributed by atoms with Crippen LogP contribution >= 0.6 is 0 Å². The first-order chi connectivity index (χ1) is 27.8. The SMILES string of the molecule is COC1=CC(C)=CC(C)C(O)C(C)CC(C)=CC=CC(OC)C(C(C)C(O)C(C)C2(OC)CC(OC(=O)C=CC(=O)OCC3=CCC(=O)N3)C(C)C(C(C)C)O2)OC1=O. The van der Waals surface area contributed by atoms with Crippen molar-refractivity contribution < 1.29 is 62.5 Å². The molecule has 14 heteroatoms. The summed E-state index contributed by atoms with van der Waals surface area (Å²) in [4.78, 5) is 50.6. The van der Waals surface area contributed by atoms with Gasteiger partial charge >= 0.3 is 17.9 Å². The second kappa shape index (κ2) is 22.5. The fraction of sp³-hybridized carbons (Fsp3) is 0.644. The van der Waals surface area contributed by atoms with Crippen LogP contribution in [-0.4, -0.2) is 104 Å². The number of hydrogen-bond acceptors (Lipinski definition) is 13. The number of carbonyl (C=O) groups is 4. The van der Waals surface area contributed by atoms with Crippen LogP contribution in [0, 0.1) is 35.5 Å². The van der Waals surface area contributed by atoms with Crippen LogP contribution < -0.4 is 5.32 Å². The largest absolute Gasteiger partial charge is 0.490 e. The molecule has 0 aromatic heterocycles. The molecule has 0 aromatic rings. The summed E-state index contributed by atoms with van der Waals surface area (Å²) in [6, 6.07) is 0. The van der Waals surface area contributed by atoms with Gasteiger partial charge in [0.2, 0.25) is 11.7 Å². The lowest BCUT2D eigenvalue weighted by molar-refractivity contribution is -0.339. The molecule has 3 rings (SSSR count). The van der Waals surface area contributed by atoms with Crippen LogP contribution in [0.2, 0.25) is 0 Å². The molecule has 0 aromatic carbocycles. The minimum Gasteiger partial charge on any atom is -0.490 e. The number of carbonyl (C=O) groups excluding carboxylic acids is 4. The smallest absolute Gasteiger partial charge is 0.373 e. The van der Waals surface area contributed by atoms with Gasteiger partial charge in [0.05, 0.1) is 31.1 Å². The first kappa shape index (κ1) is 49.3. The lowest BCUT2D eigenvalue weighted by atomic mass is 9.76. The summed E-state index contributed by atoms with van der Waals surface area (Å²) in [6.07, 6.45) is 8.47. The van der Waals surface area contributed by atoms with E-state index in [9.17, 15) is 29.4 Å². The average Bonchev–Trinajstić information content (AvgIpc) is 3.62. The van der Waals surface area contributed by atoms with Gasteiger partial charge < -0.3 is 48.7 Å². The zero-order chi connectivity index (χ0) is 44.2. The van der Waals surface area contributed by atoms with Gasteiger partial charge in [-0.2, -0.15) is 0 Å². The number of rotatable bonds is 13. The monoisotopic (exact) mass is 829 g/mol. The first-order valence-electron chi connectivity index (χ1n) is 20.4. The maximum absolute atomic E-state index is 13.8. The Morgan fingerprint density at radius 1 is 1.03 bits per heavy atom. The number of methoxy groups -OCH3 is 3. The maximum Gasteiger partial charge on any atom is 0.373 e. The number of amides is 1. The van der Waals surface area contributed by atoms with Gasteiger partial charge in [0.15, 0.2) is 5.79 Å². The fourth-order valence-electron chi connectivity index (χ4n) is 8.08. The molecule has 3 aliphatic heterocycles. The van der Waals surface area contributed by atoms with Crippen LogP contribution in [0.4, 0.5) is 0 Å². The summed E-state index contributed by atoms with van der Waals surface area (Å²) in [7, 11) is 4.32. The molecule has 0 aliphatic carbocycles. The van der Waals surface area contributed by atoms with E-state index < -0.39 is 72.2 Å². The van der Waals surface area contributed by atoms with E-state index in [4.69, 9.17) is 33.2 Å². The summed E-state index contributed by atoms with van der Waals surface area (Å²) in [6.45, 7) is 16.9. The number of esters is 3. The summed E-state index contributed by atoms with van der Waals surface area (Å²) in [5.74, 6) is -6.26. The molecule has 1 saturated heterocycles. The lowest BCUT2D eigenvalue weighted by Crippen LogP contribution is -2.60. The Morgan fingerprint density at radius 3 is 2.31 bits per heavy atom. The molecular weight excluding hydrogens is 762 g/mol. The maximum atomic E-state index is 13.8. The van der Waals surface area contributed by atoms with E-state index in [-0.39, 0.29) is 54.8 Å². The minimum atomic E-state index is -1.47. The summed E-state index contributed by atoms with van der Waals surface area (Å²) in [5, 5.41) is 25.8. The van der Waals surface area contributed by atoms with E-state index >= 15 is 0 Å². The number of hydrogen-bond donors (Lipinski definition) is 3. The predicted octanol–water partition coefficient (Wildman–Crippen LogP) is 5.40. The van der Waals surface area contributed by atoms with Crippen LogP contribution in [0.1, 0.15) is 81.6 Å². The zero-order valence-corrected chi connectivity index (χ0v) is 36.8. The van der Waals surface area contributed by atoms with Gasteiger partial charge in [-0.15, -0.1) is 0 Å². The van der Waals surface area contributed by atoms with Crippen LogP contribution in [0.5, 0.6) is 0 Å². The molecular formula is C45H67NO13. The van der Waals surface area contributed by atoms with Gasteiger partial charge in [-0.1, -0.05) is 90.0 Å². The van der Waals surface area contributed by atoms with E-state index in [1.807, 2.05) is 66.7 Å². The Balaban J connectivity index is 1.93. The van der Waals surface area contributed by atoms with Crippen molar-refractivity contribution in [2.45, 2.75) is 124 Å². The molecule has 3 aliphatic rings. The Bertz CT molecular complexity index is 1660. The second-order valence-corrected chi connectivity index (χ2v) is 16.6. The number of nitrogens with one attached hydrogen (secondary N) is 1. The molecule has 1 amide bonds. The Hall–Kier alpha value is -4.08. The quantitative estimate of drug-likeness (QED) is 0.122. The van der Waals surface area contributed by atoms with E-state index in [0.29, 0.717) is 17.7 Å². The van der Waals surface area contributed by atoms with E-state index in [0.717, 1.165) is 17.7 Å². The van der Waals surface area contributed by atoms with Gasteiger partial charge in [0.25, 0.3) is 0 Å². The first-order valence-corrected chi connectivity index (χ1v) is 20.4. The third kappa shape index (κ3) is 13.5. The lowest BCUT2D eigenvalue weighted by Gasteiger charge is -2.51. The Labute approximate surface area is 349 Å². The molecule has 59 heavy (non-hydrogen) atoms. The second-order valence-electron chi connectivity index (χ2n) is 16.6. The Morgan fingerprint density at radius 2 is 1.71 bits per heavy atom. The summed E-state index contributed by atoms with van der Waals surface area (Å²) < 4.78 is 41.4. The van der Waals surface area contributed by atoms with Gasteiger partial charge in [-0.3, -0.25) is 4.79 Å². The van der Waals surface area contributed by atoms with Crippen molar-refractivity contribution in [3.05, 3.63) is 71.2 Å². The van der Waals surface area contributed by atoms with Crippen LogP contribution in [-0.2, 0) is 52.3 Å². The highest BCUT2D eigenvalue weighted by Crippen LogP contribution is 2.44. The fourth-order valence-corrected chi connectivity index (χ4v) is 8.08. The van der Waals surface area contributed by atoms with E-state index in [2.05, 4.69) is 5.32 Å². The Kier molecular flexibility index (Phi) is 18.8. The predicted molar refractivity (Wildman–Crippen MR) is 220 cm³/mol. The molecule has 330 valence electrons. The molecule has 14 nitrogen and oxygen atoms in total. The van der Waals surface area contributed by atoms with Gasteiger partial charge in [-0.05, 0) is 38.2 Å². The zero-order valence-electron chi connectivity index (χ0n) is 36.8. The minimum absolute atomic E-state index is 0.0343. The number of allylic oxidation sites excluding steroid dienone is 5. The van der Waals surface area contributed by atoms with Crippen molar-refractivity contribution >= 4 is 23.8 Å². The third-order valence-corrected chi connectivity index (χ3v) is 11.6. The highest BCUT2D eigenvalue weighted by molar-refractivity contribution is 5.92. The summed E-state index contributed by atoms with van der Waals surface area (Å²) >= 11 is 0. The number of aliphatic hydroxyl groups excluding tert-OH is 2. The molecule has 3 heterocycles. The molecule has 1 fully saturated rings. The number of ether oxygens (including phenoxy) is 7. The third-order valence-electron chi connectivity index (χ3n) is 11.6. The van der Waals surface area contributed by atoms with Crippen LogP contribution in [0.25, 0.3) is 0 Å². The van der Waals surface area contributed by atoms with Crippen LogP contribution in [0.3, 0.4) is 0 Å². The van der Waals surface area contributed by atoms with Gasteiger partial charge in [-0.25, -0.2) is 14.4 Å². The van der Waals surface area contributed by atoms with E-state index in [1.54, 1.807) is 32.1 Å². The molecule has 0 radical (unpaired) electrons. The van der Waals surface area contributed by atoms with Crippen molar-refractivity contribution in [1.82, 2.24) is 5.32 Å². The molecule has 0 spiro atoms. The highest BCUT2D eigenvalue weighted by Gasteiger charge is 2.54. The van der Waals surface area contributed by atoms with Gasteiger partial charge in [0, 0.05) is 62.9 Å². The van der Waals surface area contributed by atoms with Crippen molar-refractivity contribution in [2.24, 2.45) is 35.5 Å². The summed E-state index contributed by atoms with van der Waals surface area (Å²) in [5.41, 5.74) is 2.20. The van der Waals surface area contributed by atoms with Crippen molar-refractivity contribution in [3.8, 4) is 0 Å². The molecule has 3 N–H and O–H groups in total. The topological polar surface area (TPSA) is 185 Å². The molecule has 0 saturated carbocycles. The van der Waals surface area contributed by atoms with Crippen molar-refractivity contribution in [3.63, 3.8) is 0 Å². The van der Waals surface area contributed by atoms with Crippen molar-refractivity contribution in [2.75, 3.05) is 27.9 Å². The number of cyclic esters (lactones) is 1. The van der Waals surface area contributed by atoms with Crippen LogP contribution in [0.15, 0.2) is 71.2 Å². The molecule has 12 unspecified atom stereocenters. The molecule has 0 bridgehead atoms. The normalized spacial score (nSPS) is 31.6. The van der Waals surface area contributed by atoms with Gasteiger partial charge in [0.1, 0.15) is 24.9 Å². The molecule has 12 atom stereocenters. The number of aliphatic hydroxyl groups is 2. The standard InChI is InChI=1S/C45H67NO13/c1-25(2)42-30(7)36(57-39(49)19-18-38(48)56-24-33-16-17-37(47)46-33)23-45(55-12,59-42)32(9)41(51)31(8)43-34(53-10)15-13-14-26(3)20-28(5)40(50)29(6)21-27(4)22-35(54-11)44(52)58-43/h13-16,18-19,21-22,25,28-32,34,36,40-43,50-51H,17,20,23-24H2,1-12H3,(H,46,47). The van der Waals surface area contributed by atoms with Crippen molar-refractivity contribution in [1.29, 1.82) is 0 Å². The van der Waals surface area contributed by atoms with E-state index in [1.165, 1.54) is 21.3 Å².